The van der Waals surface area contributed by atoms with E-state index < -0.39 is 0 Å². The van der Waals surface area contributed by atoms with Crippen molar-refractivity contribution in [3.05, 3.63) is 34.4 Å². The summed E-state index contributed by atoms with van der Waals surface area (Å²) < 4.78 is 11.5. The molecule has 1 heterocycles. The lowest BCUT2D eigenvalue weighted by Crippen LogP contribution is -2.40. The van der Waals surface area contributed by atoms with Crippen molar-refractivity contribution in [3.63, 3.8) is 0 Å². The molecule has 1 aromatic carbocycles. The Kier molecular flexibility index (Phi) is 3.46. The Balaban J connectivity index is 2.16. The third-order valence-electron chi connectivity index (χ3n) is 5.75. The maximum absolute atomic E-state index is 5.73. The predicted octanol–water partition coefficient (Wildman–Crippen LogP) is 4.64. The summed E-state index contributed by atoms with van der Waals surface area (Å²) in [4.78, 5) is 0. The highest BCUT2D eigenvalue weighted by molar-refractivity contribution is 5.47. The van der Waals surface area contributed by atoms with Gasteiger partial charge in [0.1, 0.15) is 0 Å². The van der Waals surface area contributed by atoms with Gasteiger partial charge in [-0.3, -0.25) is 0 Å². The fourth-order valence-corrected chi connectivity index (χ4v) is 4.01. The smallest absolute Gasteiger partial charge is 0.184 e. The third kappa shape index (κ3) is 2.33. The normalized spacial score (nSPS) is 27.6. The van der Waals surface area contributed by atoms with Gasteiger partial charge in [-0.25, -0.2) is 0 Å². The van der Waals surface area contributed by atoms with Gasteiger partial charge in [0.25, 0.3) is 0 Å². The molecule has 2 aliphatic rings. The summed E-state index contributed by atoms with van der Waals surface area (Å²) in [5, 5.41) is 0. The lowest BCUT2D eigenvalue weighted by Gasteiger charge is -2.47. The third-order valence-corrected chi connectivity index (χ3v) is 5.75. The summed E-state index contributed by atoms with van der Waals surface area (Å²) >= 11 is 0. The Morgan fingerprint density at radius 2 is 1.62 bits per heavy atom. The van der Waals surface area contributed by atoms with E-state index in [1.54, 1.807) is 0 Å². The molecule has 2 nitrogen and oxygen atoms in total. The molecule has 21 heavy (non-hydrogen) atoms. The Hall–Kier alpha value is -0.860. The molecule has 0 spiro atoms. The van der Waals surface area contributed by atoms with Crippen LogP contribution in [0, 0.1) is 12.8 Å². The summed E-state index contributed by atoms with van der Waals surface area (Å²) in [6.45, 7) is 15.5. The Morgan fingerprint density at radius 3 is 2.24 bits per heavy atom. The minimum atomic E-state index is -0.173. The van der Waals surface area contributed by atoms with Gasteiger partial charge in [-0.1, -0.05) is 40.7 Å². The molecular weight excluding hydrogens is 260 g/mol. The summed E-state index contributed by atoms with van der Waals surface area (Å²) in [5.74, 6) is 0.684. The van der Waals surface area contributed by atoms with Gasteiger partial charge in [-0.05, 0) is 52.8 Å². The highest BCUT2D eigenvalue weighted by atomic mass is 16.7. The van der Waals surface area contributed by atoms with Gasteiger partial charge in [0.2, 0.25) is 0 Å². The predicted molar refractivity (Wildman–Crippen MR) is 85.7 cm³/mol. The van der Waals surface area contributed by atoms with Crippen molar-refractivity contribution in [2.45, 2.75) is 65.1 Å². The number of benzene rings is 1. The quantitative estimate of drug-likeness (QED) is 0.749. The van der Waals surface area contributed by atoms with E-state index in [9.17, 15) is 0 Å². The molecule has 0 radical (unpaired) electrons. The molecule has 1 unspecified atom stereocenters. The molecule has 3 rings (SSSR count). The molecule has 0 bridgehead atoms. The summed E-state index contributed by atoms with van der Waals surface area (Å²) in [7, 11) is 0. The van der Waals surface area contributed by atoms with Crippen LogP contribution in [0.25, 0.3) is 0 Å². The van der Waals surface area contributed by atoms with Gasteiger partial charge in [0.15, 0.2) is 6.29 Å². The van der Waals surface area contributed by atoms with Crippen molar-refractivity contribution in [1.29, 1.82) is 0 Å². The fourth-order valence-electron chi connectivity index (χ4n) is 4.01. The van der Waals surface area contributed by atoms with Crippen LogP contribution in [0.15, 0.2) is 12.1 Å². The zero-order valence-corrected chi connectivity index (χ0v) is 14.2. The van der Waals surface area contributed by atoms with E-state index in [0.29, 0.717) is 19.1 Å². The van der Waals surface area contributed by atoms with Crippen molar-refractivity contribution in [2.75, 3.05) is 13.2 Å². The molecule has 116 valence electrons. The summed E-state index contributed by atoms with van der Waals surface area (Å²) in [6, 6.07) is 4.74. The highest BCUT2D eigenvalue weighted by Crippen LogP contribution is 2.50. The first-order valence-corrected chi connectivity index (χ1v) is 8.12. The zero-order chi connectivity index (χ0) is 15.4. The number of fused-ring (bicyclic) bond motifs is 1. The van der Waals surface area contributed by atoms with Gasteiger partial charge in [-0.2, -0.15) is 0 Å². The van der Waals surface area contributed by atoms with Crippen LogP contribution in [0.2, 0.25) is 0 Å². The van der Waals surface area contributed by atoms with Gasteiger partial charge in [-0.15, -0.1) is 0 Å². The van der Waals surface area contributed by atoms with E-state index in [1.807, 2.05) is 0 Å². The van der Waals surface area contributed by atoms with Crippen LogP contribution in [0.3, 0.4) is 0 Å². The molecule has 1 fully saturated rings. The average Bonchev–Trinajstić information content (AvgIpc) is 2.89. The molecule has 0 N–H and O–H groups in total. The highest BCUT2D eigenvalue weighted by Gasteiger charge is 2.42. The van der Waals surface area contributed by atoms with Crippen LogP contribution in [0.5, 0.6) is 0 Å². The lowest BCUT2D eigenvalue weighted by molar-refractivity contribution is -0.0447. The van der Waals surface area contributed by atoms with E-state index in [0.717, 1.165) is 0 Å². The Morgan fingerprint density at radius 1 is 1.00 bits per heavy atom. The van der Waals surface area contributed by atoms with E-state index in [4.69, 9.17) is 9.47 Å². The van der Waals surface area contributed by atoms with Gasteiger partial charge >= 0.3 is 0 Å². The number of rotatable bonds is 1. The summed E-state index contributed by atoms with van der Waals surface area (Å²) in [5.41, 5.74) is 5.93. The molecule has 1 aliphatic carbocycles. The topological polar surface area (TPSA) is 18.5 Å². The molecule has 0 aromatic heterocycles. The molecular formula is C19H28O2. The first-order chi connectivity index (χ1) is 9.73. The van der Waals surface area contributed by atoms with Crippen LogP contribution in [-0.4, -0.2) is 13.2 Å². The van der Waals surface area contributed by atoms with Crippen LogP contribution < -0.4 is 0 Å². The lowest BCUT2D eigenvalue weighted by atomic mass is 9.58. The molecule has 1 aromatic rings. The van der Waals surface area contributed by atoms with Crippen molar-refractivity contribution in [3.8, 4) is 0 Å². The van der Waals surface area contributed by atoms with E-state index in [2.05, 4.69) is 53.7 Å². The average molecular weight is 288 g/mol. The van der Waals surface area contributed by atoms with Crippen molar-refractivity contribution in [1.82, 2.24) is 0 Å². The number of hydrogen-bond donors (Lipinski definition) is 0. The Bertz CT molecular complexity index is 551. The van der Waals surface area contributed by atoms with Crippen molar-refractivity contribution >= 4 is 0 Å². The number of ether oxygens (including phenoxy) is 2. The second-order valence-electron chi connectivity index (χ2n) is 8.04. The largest absolute Gasteiger partial charge is 0.346 e. The number of aryl methyl sites for hydroxylation is 1. The maximum Gasteiger partial charge on any atom is 0.184 e. The van der Waals surface area contributed by atoms with Crippen LogP contribution >= 0.6 is 0 Å². The molecule has 0 amide bonds. The van der Waals surface area contributed by atoms with Crippen LogP contribution in [0.1, 0.15) is 69.6 Å². The first kappa shape index (κ1) is 15.1. The minimum absolute atomic E-state index is 0.173. The second-order valence-corrected chi connectivity index (χ2v) is 8.04. The number of hydrogen-bond acceptors (Lipinski definition) is 2. The molecule has 1 aliphatic heterocycles. The van der Waals surface area contributed by atoms with Crippen molar-refractivity contribution < 1.29 is 9.47 Å². The van der Waals surface area contributed by atoms with Gasteiger partial charge in [0.05, 0.1) is 13.2 Å². The SMILES string of the molecule is Cc1cc2c(cc1C1OCCO1)C(C)(C)CC(C)C2(C)C. The van der Waals surface area contributed by atoms with Crippen LogP contribution in [-0.2, 0) is 20.3 Å². The van der Waals surface area contributed by atoms with E-state index >= 15 is 0 Å². The first-order valence-electron chi connectivity index (χ1n) is 8.12. The molecule has 1 atom stereocenters. The zero-order valence-electron chi connectivity index (χ0n) is 14.2. The maximum atomic E-state index is 5.73. The molecule has 1 saturated heterocycles. The fraction of sp³-hybridized carbons (Fsp3) is 0.684. The second kappa shape index (κ2) is 4.82. The minimum Gasteiger partial charge on any atom is -0.346 e. The molecule has 2 heteroatoms. The van der Waals surface area contributed by atoms with E-state index in [-0.39, 0.29) is 17.1 Å². The Labute approximate surface area is 128 Å². The van der Waals surface area contributed by atoms with Gasteiger partial charge in [0, 0.05) is 5.56 Å². The monoisotopic (exact) mass is 288 g/mol. The van der Waals surface area contributed by atoms with Crippen molar-refractivity contribution in [2.24, 2.45) is 5.92 Å². The van der Waals surface area contributed by atoms with E-state index in [1.165, 1.54) is 28.7 Å². The summed E-state index contributed by atoms with van der Waals surface area (Å²) in [6.07, 6.45) is 1.05. The van der Waals surface area contributed by atoms with Gasteiger partial charge < -0.3 is 9.47 Å². The molecule has 0 saturated carbocycles. The van der Waals surface area contributed by atoms with Crippen LogP contribution in [0.4, 0.5) is 0 Å². The standard InChI is InChI=1S/C19H28O2/c1-12-9-16-15(10-14(12)17-20-7-8-21-17)18(3,4)11-13(2)19(16,5)6/h9-10,13,17H,7-8,11H2,1-6H3.